The molecule has 5 N–H and O–H groups in total. The molecule has 1 aromatic carbocycles. The van der Waals surface area contributed by atoms with E-state index in [2.05, 4.69) is 26.2 Å². The average Bonchev–Trinajstić information content (AvgIpc) is 2.48. The highest BCUT2D eigenvalue weighted by atomic mass is 79.9. The molecule has 7 nitrogen and oxygen atoms in total. The van der Waals surface area contributed by atoms with Gasteiger partial charge >= 0.3 is 5.69 Å². The van der Waals surface area contributed by atoms with Gasteiger partial charge in [-0.3, -0.25) is 14.6 Å². The Kier molecular flexibility index (Phi) is 4.74. The predicted molar refractivity (Wildman–Crippen MR) is 91.6 cm³/mol. The summed E-state index contributed by atoms with van der Waals surface area (Å²) < 4.78 is 0.942. The average molecular weight is 381 g/mol. The first kappa shape index (κ1) is 17.0. The molecular weight excluding hydrogens is 364 g/mol. The fraction of sp³-hybridized carbons (Fsp3) is 0.267. The molecule has 0 saturated carbocycles. The molecule has 0 unspecified atom stereocenters. The van der Waals surface area contributed by atoms with Crippen LogP contribution >= 0.6 is 15.9 Å². The molecule has 0 fully saturated rings. The van der Waals surface area contributed by atoms with Gasteiger partial charge in [0.05, 0.1) is 0 Å². The number of anilines is 1. The van der Waals surface area contributed by atoms with Crippen LogP contribution in [0.15, 0.2) is 38.3 Å². The summed E-state index contributed by atoms with van der Waals surface area (Å²) in [5.74, 6) is -0.603. The van der Waals surface area contributed by atoms with Gasteiger partial charge in [-0.1, -0.05) is 41.9 Å². The maximum atomic E-state index is 12.2. The highest BCUT2D eigenvalue weighted by Crippen LogP contribution is 2.25. The van der Waals surface area contributed by atoms with E-state index in [1.54, 1.807) is 0 Å². The zero-order chi connectivity index (χ0) is 17.2. The Morgan fingerprint density at radius 2 is 2.00 bits per heavy atom. The molecule has 0 aliphatic carbocycles. The van der Waals surface area contributed by atoms with E-state index in [0.717, 1.165) is 10.0 Å². The van der Waals surface area contributed by atoms with Crippen molar-refractivity contribution in [1.29, 1.82) is 0 Å². The van der Waals surface area contributed by atoms with E-state index in [9.17, 15) is 14.4 Å². The lowest BCUT2D eigenvalue weighted by Gasteiger charge is -2.26. The number of H-pyrrole nitrogens is 2. The normalized spacial score (nSPS) is 11.3. The minimum Gasteiger partial charge on any atom is -0.392 e. The Morgan fingerprint density at radius 1 is 1.30 bits per heavy atom. The van der Waals surface area contributed by atoms with Crippen LogP contribution in [0.3, 0.4) is 0 Å². The van der Waals surface area contributed by atoms with E-state index in [0.29, 0.717) is 6.54 Å². The number of halogens is 1. The van der Waals surface area contributed by atoms with E-state index in [1.165, 1.54) is 0 Å². The molecular formula is C15H17BrN4O3. The summed E-state index contributed by atoms with van der Waals surface area (Å²) in [6, 6.07) is 7.75. The number of rotatable bonds is 4. The van der Waals surface area contributed by atoms with Crippen LogP contribution < -0.4 is 22.3 Å². The van der Waals surface area contributed by atoms with Gasteiger partial charge in [-0.2, -0.15) is 0 Å². The molecule has 0 atom stereocenters. The zero-order valence-corrected chi connectivity index (χ0v) is 14.3. The summed E-state index contributed by atoms with van der Waals surface area (Å²) in [4.78, 5) is 39.1. The summed E-state index contributed by atoms with van der Waals surface area (Å²) in [5, 5.41) is 2.70. The first-order chi connectivity index (χ1) is 10.7. The van der Waals surface area contributed by atoms with Crippen molar-refractivity contribution in [2.24, 2.45) is 0 Å². The third-order valence-corrected chi connectivity index (χ3v) is 4.00. The van der Waals surface area contributed by atoms with Gasteiger partial charge < -0.3 is 16.0 Å². The predicted octanol–water partition coefficient (Wildman–Crippen LogP) is 1.12. The third kappa shape index (κ3) is 3.89. The minimum absolute atomic E-state index is 0.233. The van der Waals surface area contributed by atoms with Crippen molar-refractivity contribution in [2.45, 2.75) is 19.3 Å². The fourth-order valence-corrected chi connectivity index (χ4v) is 2.48. The maximum absolute atomic E-state index is 12.2. The Morgan fingerprint density at radius 3 is 2.65 bits per heavy atom. The number of nitrogens with one attached hydrogen (secondary N) is 3. The molecule has 2 aromatic rings. The second-order valence-corrected chi connectivity index (χ2v) is 6.69. The number of hydrogen-bond acceptors (Lipinski definition) is 4. The molecule has 1 amide bonds. The van der Waals surface area contributed by atoms with Crippen LogP contribution in [0.5, 0.6) is 0 Å². The number of carbonyl (C=O) groups is 1. The number of nitrogen functional groups attached to an aromatic ring is 1. The van der Waals surface area contributed by atoms with Gasteiger partial charge in [0, 0.05) is 16.4 Å². The van der Waals surface area contributed by atoms with Crippen LogP contribution in [0.1, 0.15) is 29.9 Å². The zero-order valence-electron chi connectivity index (χ0n) is 12.7. The second-order valence-electron chi connectivity index (χ2n) is 5.77. The highest BCUT2D eigenvalue weighted by molar-refractivity contribution is 9.10. The monoisotopic (exact) mass is 380 g/mol. The number of carbonyl (C=O) groups excluding carboxylic acids is 1. The third-order valence-electron chi connectivity index (χ3n) is 3.50. The molecule has 1 aromatic heterocycles. The molecule has 23 heavy (non-hydrogen) atoms. The van der Waals surface area contributed by atoms with Crippen molar-refractivity contribution in [1.82, 2.24) is 15.3 Å². The number of aromatic nitrogens is 2. The van der Waals surface area contributed by atoms with Crippen LogP contribution in [-0.2, 0) is 5.41 Å². The van der Waals surface area contributed by atoms with Gasteiger partial charge in [0.1, 0.15) is 11.4 Å². The molecule has 0 aliphatic heterocycles. The van der Waals surface area contributed by atoms with Crippen molar-refractivity contribution < 1.29 is 4.79 Å². The van der Waals surface area contributed by atoms with Crippen molar-refractivity contribution in [2.75, 3.05) is 12.3 Å². The van der Waals surface area contributed by atoms with E-state index in [1.807, 2.05) is 43.1 Å². The van der Waals surface area contributed by atoms with Gasteiger partial charge in [-0.15, -0.1) is 0 Å². The largest absolute Gasteiger partial charge is 0.392 e. The number of benzene rings is 1. The lowest BCUT2D eigenvalue weighted by atomic mass is 9.84. The summed E-state index contributed by atoms with van der Waals surface area (Å²) in [7, 11) is 0. The second kappa shape index (κ2) is 6.41. The van der Waals surface area contributed by atoms with Crippen LogP contribution in [0.4, 0.5) is 5.69 Å². The van der Waals surface area contributed by atoms with Gasteiger partial charge in [-0.25, -0.2) is 4.79 Å². The molecule has 122 valence electrons. The SMILES string of the molecule is CC(C)(CNC(=O)c1[nH]c(=O)[nH]c(=O)c1N)c1cccc(Br)c1. The van der Waals surface area contributed by atoms with Crippen molar-refractivity contribution in [3.8, 4) is 0 Å². The molecule has 8 heteroatoms. The van der Waals surface area contributed by atoms with Crippen molar-refractivity contribution in [3.63, 3.8) is 0 Å². The lowest BCUT2D eigenvalue weighted by Crippen LogP contribution is -2.39. The maximum Gasteiger partial charge on any atom is 0.326 e. The Balaban J connectivity index is 2.19. The van der Waals surface area contributed by atoms with Crippen molar-refractivity contribution >= 4 is 27.5 Å². The minimum atomic E-state index is -0.787. The van der Waals surface area contributed by atoms with E-state index >= 15 is 0 Å². The first-order valence-corrected chi connectivity index (χ1v) is 7.66. The van der Waals surface area contributed by atoms with Crippen LogP contribution in [0.25, 0.3) is 0 Å². The van der Waals surface area contributed by atoms with E-state index in [4.69, 9.17) is 5.73 Å². The summed E-state index contributed by atoms with van der Waals surface area (Å²) in [5.41, 5.74) is 4.10. The van der Waals surface area contributed by atoms with Crippen LogP contribution in [0, 0.1) is 0 Å². The van der Waals surface area contributed by atoms with Gasteiger partial charge in [-0.05, 0) is 17.7 Å². The molecule has 0 bridgehead atoms. The topological polar surface area (TPSA) is 121 Å². The Bertz CT molecular complexity index is 854. The number of hydrogen-bond donors (Lipinski definition) is 4. The molecule has 0 saturated heterocycles. The Labute approximate surface area is 140 Å². The van der Waals surface area contributed by atoms with Crippen LogP contribution in [0.2, 0.25) is 0 Å². The smallest absolute Gasteiger partial charge is 0.326 e. The quantitative estimate of drug-likeness (QED) is 0.634. The van der Waals surface area contributed by atoms with Gasteiger partial charge in [0.25, 0.3) is 11.5 Å². The lowest BCUT2D eigenvalue weighted by molar-refractivity contribution is 0.0941. The van der Waals surface area contributed by atoms with Crippen LogP contribution in [-0.4, -0.2) is 22.4 Å². The fourth-order valence-electron chi connectivity index (χ4n) is 2.08. The number of aromatic amines is 2. The standard InChI is InChI=1S/C15H17BrN4O3/c1-15(2,8-4-3-5-9(16)6-8)7-18-13(22)11-10(17)12(21)20-14(23)19-11/h3-6H,7,17H2,1-2H3,(H,18,22)(H2,19,20,21,23). The van der Waals surface area contributed by atoms with Crippen molar-refractivity contribution in [3.05, 3.63) is 60.8 Å². The summed E-state index contributed by atoms with van der Waals surface area (Å²) in [6.07, 6.45) is 0. The number of nitrogens with two attached hydrogens (primary N) is 1. The highest BCUT2D eigenvalue weighted by Gasteiger charge is 2.23. The Hall–Kier alpha value is -2.35. The van der Waals surface area contributed by atoms with Gasteiger partial charge in [0.2, 0.25) is 0 Å². The van der Waals surface area contributed by atoms with E-state index in [-0.39, 0.29) is 16.8 Å². The summed E-state index contributed by atoms with van der Waals surface area (Å²) >= 11 is 3.42. The number of amides is 1. The summed E-state index contributed by atoms with van der Waals surface area (Å²) in [6.45, 7) is 4.24. The molecule has 0 radical (unpaired) electrons. The van der Waals surface area contributed by atoms with E-state index < -0.39 is 17.2 Å². The van der Waals surface area contributed by atoms with Gasteiger partial charge in [0.15, 0.2) is 0 Å². The molecule has 0 aliphatic rings. The molecule has 0 spiro atoms. The molecule has 2 rings (SSSR count). The molecule has 1 heterocycles. The first-order valence-electron chi connectivity index (χ1n) is 6.87.